The van der Waals surface area contributed by atoms with Gasteiger partial charge in [0.15, 0.2) is 5.82 Å². The summed E-state index contributed by atoms with van der Waals surface area (Å²) in [5.74, 6) is 0.839. The quantitative estimate of drug-likeness (QED) is 0.652. The maximum atomic E-state index is 13.4. The van der Waals surface area contributed by atoms with Gasteiger partial charge in [-0.05, 0) is 73.3 Å². The molecule has 5 heteroatoms. The standard InChI is InChI=1S/C24H24ClN3O/c1-17-5-2-3-6-21(17)19-8-10-20(11-9-19)24(29)28(16-18-12-14-26-15-18)23-22(25)7-4-13-27-23/h2-11,13,18,26H,12,14-16H2,1H3/t18-/m1/s1. The van der Waals surface area contributed by atoms with Crippen LogP contribution in [0.3, 0.4) is 0 Å². The Morgan fingerprint density at radius 2 is 1.93 bits per heavy atom. The number of benzene rings is 2. The summed E-state index contributed by atoms with van der Waals surface area (Å²) in [6.45, 7) is 4.57. The van der Waals surface area contributed by atoms with Crippen molar-refractivity contribution in [3.8, 4) is 11.1 Å². The van der Waals surface area contributed by atoms with E-state index in [1.807, 2.05) is 36.4 Å². The van der Waals surface area contributed by atoms with Gasteiger partial charge in [-0.2, -0.15) is 0 Å². The Bertz CT molecular complexity index is 997. The Morgan fingerprint density at radius 3 is 2.62 bits per heavy atom. The number of hydrogen-bond donors (Lipinski definition) is 1. The summed E-state index contributed by atoms with van der Waals surface area (Å²) in [5.41, 5.74) is 4.12. The van der Waals surface area contributed by atoms with Gasteiger partial charge in [-0.1, -0.05) is 48.0 Å². The maximum absolute atomic E-state index is 13.4. The van der Waals surface area contributed by atoms with Gasteiger partial charge in [-0.15, -0.1) is 0 Å². The predicted molar refractivity (Wildman–Crippen MR) is 119 cm³/mol. The summed E-state index contributed by atoms with van der Waals surface area (Å²) in [7, 11) is 0. The Hall–Kier alpha value is -2.69. The second-order valence-electron chi connectivity index (χ2n) is 7.48. The van der Waals surface area contributed by atoms with E-state index < -0.39 is 0 Å². The van der Waals surface area contributed by atoms with Gasteiger partial charge in [-0.3, -0.25) is 9.69 Å². The van der Waals surface area contributed by atoms with E-state index in [0.717, 1.165) is 25.1 Å². The molecule has 1 atom stereocenters. The largest absolute Gasteiger partial charge is 0.316 e. The summed E-state index contributed by atoms with van der Waals surface area (Å²) in [5, 5.41) is 3.85. The number of nitrogens with zero attached hydrogens (tertiary/aromatic N) is 2. The van der Waals surface area contributed by atoms with Crippen molar-refractivity contribution >= 4 is 23.3 Å². The predicted octanol–water partition coefficient (Wildman–Crippen LogP) is 4.97. The Balaban J connectivity index is 1.63. The molecule has 1 aliphatic heterocycles. The van der Waals surface area contributed by atoms with Crippen molar-refractivity contribution in [3.05, 3.63) is 83.0 Å². The van der Waals surface area contributed by atoms with Crippen molar-refractivity contribution in [2.24, 2.45) is 5.92 Å². The summed E-state index contributed by atoms with van der Waals surface area (Å²) in [6.07, 6.45) is 2.72. The minimum Gasteiger partial charge on any atom is -0.316 e. The second-order valence-corrected chi connectivity index (χ2v) is 7.88. The number of aromatic nitrogens is 1. The highest BCUT2D eigenvalue weighted by Crippen LogP contribution is 2.28. The molecule has 1 fully saturated rings. The van der Waals surface area contributed by atoms with E-state index in [1.165, 1.54) is 11.1 Å². The molecule has 29 heavy (non-hydrogen) atoms. The molecule has 2 heterocycles. The first-order chi connectivity index (χ1) is 14.1. The molecule has 1 amide bonds. The van der Waals surface area contributed by atoms with Crippen molar-refractivity contribution in [1.29, 1.82) is 0 Å². The van der Waals surface area contributed by atoms with Gasteiger partial charge in [0.2, 0.25) is 0 Å². The molecule has 1 N–H and O–H groups in total. The number of pyridine rings is 1. The number of nitrogens with one attached hydrogen (secondary N) is 1. The van der Waals surface area contributed by atoms with Crippen molar-refractivity contribution < 1.29 is 4.79 Å². The van der Waals surface area contributed by atoms with E-state index in [0.29, 0.717) is 28.9 Å². The van der Waals surface area contributed by atoms with Crippen LogP contribution in [0.1, 0.15) is 22.3 Å². The zero-order chi connectivity index (χ0) is 20.2. The Morgan fingerprint density at radius 1 is 1.14 bits per heavy atom. The molecule has 0 spiro atoms. The number of rotatable bonds is 5. The molecule has 0 unspecified atom stereocenters. The molecule has 148 valence electrons. The van der Waals surface area contributed by atoms with Crippen molar-refractivity contribution in [2.45, 2.75) is 13.3 Å². The lowest BCUT2D eigenvalue weighted by atomic mass is 9.99. The monoisotopic (exact) mass is 405 g/mol. The summed E-state index contributed by atoms with van der Waals surface area (Å²) >= 11 is 6.39. The fraction of sp³-hybridized carbons (Fsp3) is 0.250. The Labute approximate surface area is 176 Å². The van der Waals surface area contributed by atoms with Crippen molar-refractivity contribution in [2.75, 3.05) is 24.5 Å². The fourth-order valence-corrected chi connectivity index (χ4v) is 4.04. The van der Waals surface area contributed by atoms with E-state index in [-0.39, 0.29) is 5.91 Å². The molecule has 1 saturated heterocycles. The third-order valence-corrected chi connectivity index (χ3v) is 5.73. The van der Waals surface area contributed by atoms with Gasteiger partial charge < -0.3 is 5.32 Å². The summed E-state index contributed by atoms with van der Waals surface area (Å²) < 4.78 is 0. The van der Waals surface area contributed by atoms with E-state index in [9.17, 15) is 4.79 Å². The minimum atomic E-state index is -0.0752. The third-order valence-electron chi connectivity index (χ3n) is 5.43. The molecule has 3 aromatic rings. The van der Waals surface area contributed by atoms with Crippen LogP contribution in [-0.4, -0.2) is 30.5 Å². The molecular weight excluding hydrogens is 382 g/mol. The highest BCUT2D eigenvalue weighted by molar-refractivity contribution is 6.33. The summed E-state index contributed by atoms with van der Waals surface area (Å²) in [6, 6.07) is 19.6. The SMILES string of the molecule is Cc1ccccc1-c1ccc(C(=O)N(C[C@@H]2CCNC2)c2ncccc2Cl)cc1. The number of hydrogen-bond acceptors (Lipinski definition) is 3. The van der Waals surface area contributed by atoms with Gasteiger partial charge >= 0.3 is 0 Å². The van der Waals surface area contributed by atoms with E-state index >= 15 is 0 Å². The smallest absolute Gasteiger partial charge is 0.259 e. The number of carbonyl (C=O) groups excluding carboxylic acids is 1. The average Bonchev–Trinajstić information content (AvgIpc) is 3.26. The highest BCUT2D eigenvalue weighted by atomic mass is 35.5. The molecule has 0 radical (unpaired) electrons. The molecule has 1 aromatic heterocycles. The summed E-state index contributed by atoms with van der Waals surface area (Å²) in [4.78, 5) is 19.5. The molecule has 0 saturated carbocycles. The number of amides is 1. The Kier molecular flexibility index (Phi) is 5.93. The first-order valence-electron chi connectivity index (χ1n) is 9.92. The number of carbonyl (C=O) groups is 1. The minimum absolute atomic E-state index is 0.0752. The normalized spacial score (nSPS) is 16.0. The number of anilines is 1. The number of halogens is 1. The van der Waals surface area contributed by atoms with Gasteiger partial charge in [0, 0.05) is 18.3 Å². The molecule has 0 bridgehead atoms. The van der Waals surface area contributed by atoms with E-state index in [2.05, 4.69) is 29.4 Å². The van der Waals surface area contributed by atoms with Gasteiger partial charge in [0.25, 0.3) is 5.91 Å². The first kappa shape index (κ1) is 19.6. The molecule has 4 rings (SSSR count). The zero-order valence-electron chi connectivity index (χ0n) is 16.4. The third kappa shape index (κ3) is 4.34. The lowest BCUT2D eigenvalue weighted by molar-refractivity contribution is 0.0982. The van der Waals surface area contributed by atoms with Gasteiger partial charge in [0.1, 0.15) is 0 Å². The van der Waals surface area contributed by atoms with E-state index in [4.69, 9.17) is 11.6 Å². The van der Waals surface area contributed by atoms with Crippen LogP contribution >= 0.6 is 11.6 Å². The molecule has 2 aromatic carbocycles. The van der Waals surface area contributed by atoms with Crippen LogP contribution in [0.2, 0.25) is 5.02 Å². The second kappa shape index (κ2) is 8.76. The maximum Gasteiger partial charge on any atom is 0.259 e. The van der Waals surface area contributed by atoms with Crippen LogP contribution in [-0.2, 0) is 0 Å². The lowest BCUT2D eigenvalue weighted by Crippen LogP contribution is -2.37. The van der Waals surface area contributed by atoms with Crippen LogP contribution in [0, 0.1) is 12.8 Å². The molecule has 4 nitrogen and oxygen atoms in total. The zero-order valence-corrected chi connectivity index (χ0v) is 17.2. The average molecular weight is 406 g/mol. The number of aryl methyl sites for hydroxylation is 1. The topological polar surface area (TPSA) is 45.2 Å². The van der Waals surface area contributed by atoms with Crippen LogP contribution < -0.4 is 10.2 Å². The van der Waals surface area contributed by atoms with Gasteiger partial charge in [0.05, 0.1) is 5.02 Å². The lowest BCUT2D eigenvalue weighted by Gasteiger charge is -2.25. The van der Waals surface area contributed by atoms with Gasteiger partial charge in [-0.25, -0.2) is 4.98 Å². The first-order valence-corrected chi connectivity index (χ1v) is 10.3. The van der Waals surface area contributed by atoms with Crippen LogP contribution in [0.4, 0.5) is 5.82 Å². The highest BCUT2D eigenvalue weighted by Gasteiger charge is 2.26. The van der Waals surface area contributed by atoms with Crippen LogP contribution in [0.25, 0.3) is 11.1 Å². The van der Waals surface area contributed by atoms with Crippen molar-refractivity contribution in [3.63, 3.8) is 0 Å². The molecule has 0 aliphatic carbocycles. The fourth-order valence-electron chi connectivity index (χ4n) is 3.82. The molecule has 1 aliphatic rings. The van der Waals surface area contributed by atoms with E-state index in [1.54, 1.807) is 23.2 Å². The van der Waals surface area contributed by atoms with Crippen LogP contribution in [0.5, 0.6) is 0 Å². The van der Waals surface area contributed by atoms with Crippen molar-refractivity contribution in [1.82, 2.24) is 10.3 Å². The molecular formula is C24H24ClN3O. The van der Waals surface area contributed by atoms with Crippen LogP contribution in [0.15, 0.2) is 66.9 Å².